The van der Waals surface area contributed by atoms with E-state index in [0.29, 0.717) is 52.5 Å². The Morgan fingerprint density at radius 2 is 1.83 bits per heavy atom. The molecule has 8 nitrogen and oxygen atoms in total. The molecule has 0 radical (unpaired) electrons. The van der Waals surface area contributed by atoms with E-state index in [0.717, 1.165) is 35.3 Å². The summed E-state index contributed by atoms with van der Waals surface area (Å²) in [4.78, 5) is 27.7. The number of methoxy groups -OCH3 is 1. The monoisotopic (exact) mass is 582 g/mol. The third-order valence-electron chi connectivity index (χ3n) is 7.45. The Morgan fingerprint density at radius 3 is 2.57 bits per heavy atom. The number of nitrogens with one attached hydrogen (secondary N) is 2. The maximum absolute atomic E-state index is 13.2. The highest BCUT2D eigenvalue weighted by molar-refractivity contribution is 6.30. The van der Waals surface area contributed by atoms with Crippen molar-refractivity contribution in [3.05, 3.63) is 117 Å². The summed E-state index contributed by atoms with van der Waals surface area (Å²) in [6.45, 7) is 1.69. The lowest BCUT2D eigenvalue weighted by Gasteiger charge is -2.23. The molecule has 1 aliphatic rings. The molecular formula is C33H31ClN4O4. The number of hydrogen-bond donors (Lipinski definition) is 4. The number of fused-ring (bicyclic) bond motifs is 1. The number of carbonyl (C=O) groups excluding carboxylic acids is 1. The molecule has 1 heterocycles. The number of nitrogens with zero attached hydrogens (tertiary/aromatic N) is 1. The summed E-state index contributed by atoms with van der Waals surface area (Å²) in [5.74, 6) is -0.879. The van der Waals surface area contributed by atoms with Crippen LogP contribution < -0.4 is 20.7 Å². The molecule has 42 heavy (non-hydrogen) atoms. The highest BCUT2D eigenvalue weighted by atomic mass is 35.5. The van der Waals surface area contributed by atoms with E-state index in [1.807, 2.05) is 42.5 Å². The van der Waals surface area contributed by atoms with Crippen LogP contribution in [0.2, 0.25) is 5.02 Å². The van der Waals surface area contributed by atoms with Gasteiger partial charge in [-0.25, -0.2) is 4.79 Å². The predicted molar refractivity (Wildman–Crippen MR) is 165 cm³/mol. The van der Waals surface area contributed by atoms with E-state index in [-0.39, 0.29) is 17.3 Å². The minimum atomic E-state index is -1.09. The molecule has 5 N–H and O–H groups in total. The van der Waals surface area contributed by atoms with Gasteiger partial charge < -0.3 is 25.8 Å². The zero-order chi connectivity index (χ0) is 29.8. The van der Waals surface area contributed by atoms with Gasteiger partial charge in [0, 0.05) is 41.5 Å². The predicted octanol–water partition coefficient (Wildman–Crippen LogP) is 5.53. The largest absolute Gasteiger partial charge is 0.497 e. The van der Waals surface area contributed by atoms with Crippen molar-refractivity contribution < 1.29 is 19.4 Å². The van der Waals surface area contributed by atoms with Gasteiger partial charge in [-0.05, 0) is 101 Å². The van der Waals surface area contributed by atoms with Crippen LogP contribution in [0.4, 0.5) is 5.69 Å². The quantitative estimate of drug-likeness (QED) is 0.144. The third-order valence-corrected chi connectivity index (χ3v) is 7.69. The first-order valence-corrected chi connectivity index (χ1v) is 13.9. The van der Waals surface area contributed by atoms with Crippen LogP contribution in [0.25, 0.3) is 11.1 Å². The smallest absolute Gasteiger partial charge is 0.336 e. The van der Waals surface area contributed by atoms with E-state index >= 15 is 0 Å². The molecule has 1 amide bonds. The van der Waals surface area contributed by atoms with Crippen molar-refractivity contribution in [3.63, 3.8) is 0 Å². The summed E-state index contributed by atoms with van der Waals surface area (Å²) < 4.78 is 5.28. The number of ether oxygens (including phenoxy) is 1. The number of aromatic carboxylic acids is 1. The Morgan fingerprint density at radius 1 is 1.02 bits per heavy atom. The van der Waals surface area contributed by atoms with Crippen molar-refractivity contribution in [1.29, 1.82) is 5.41 Å². The molecule has 0 bridgehead atoms. The van der Waals surface area contributed by atoms with Crippen molar-refractivity contribution in [2.24, 2.45) is 5.73 Å². The van der Waals surface area contributed by atoms with Crippen molar-refractivity contribution in [2.75, 3.05) is 25.1 Å². The van der Waals surface area contributed by atoms with Crippen LogP contribution in [0, 0.1) is 5.41 Å². The number of amides is 1. The Labute approximate surface area is 249 Å². The fourth-order valence-corrected chi connectivity index (χ4v) is 5.50. The summed E-state index contributed by atoms with van der Waals surface area (Å²) >= 11 is 6.08. The van der Waals surface area contributed by atoms with Crippen LogP contribution in [-0.4, -0.2) is 43.0 Å². The van der Waals surface area contributed by atoms with Crippen molar-refractivity contribution in [2.45, 2.75) is 19.4 Å². The SMILES string of the molecule is COc1ccc(-c2cc(C(=O)NCCc3cccc(Cl)c3)ccc2CN2CCc3cc(C(=N)N)ccc32)c(C(=O)O)c1. The van der Waals surface area contributed by atoms with E-state index < -0.39 is 5.97 Å². The molecule has 214 valence electrons. The molecule has 5 rings (SSSR count). The Kier molecular flexibility index (Phi) is 8.45. The molecule has 1 aliphatic heterocycles. The molecule has 0 saturated carbocycles. The number of carboxylic acid groups (broad SMARTS) is 1. The van der Waals surface area contributed by atoms with Gasteiger partial charge in [-0.15, -0.1) is 0 Å². The minimum absolute atomic E-state index is 0.0284. The van der Waals surface area contributed by atoms with Gasteiger partial charge in [-0.1, -0.05) is 29.8 Å². The summed E-state index contributed by atoms with van der Waals surface area (Å²) in [5, 5.41) is 21.4. The average Bonchev–Trinajstić information content (AvgIpc) is 3.38. The third kappa shape index (κ3) is 6.24. The standard InChI is InChI=1S/C33H31ClN4O4/c1-42-26-8-9-27(29(18-26)33(40)41)28-17-23(32(39)37-13-11-20-3-2-4-25(34)15-20)5-6-24(28)19-38-14-12-21-16-22(31(35)36)7-10-30(21)38/h2-10,15-18H,11-14,19H2,1H3,(H3,35,36)(H,37,39)(H,40,41). The second-order valence-corrected chi connectivity index (χ2v) is 10.6. The number of nitrogen functional groups attached to an aromatic ring is 1. The lowest BCUT2D eigenvalue weighted by Crippen LogP contribution is -2.26. The second kappa shape index (κ2) is 12.4. The summed E-state index contributed by atoms with van der Waals surface area (Å²) in [5.41, 5.74) is 12.1. The maximum Gasteiger partial charge on any atom is 0.336 e. The van der Waals surface area contributed by atoms with E-state index in [9.17, 15) is 14.7 Å². The van der Waals surface area contributed by atoms with Gasteiger partial charge in [0.15, 0.2) is 0 Å². The number of rotatable bonds is 10. The number of carboxylic acids is 1. The first-order chi connectivity index (χ1) is 20.2. The lowest BCUT2D eigenvalue weighted by atomic mass is 9.92. The molecule has 0 saturated heterocycles. The fourth-order valence-electron chi connectivity index (χ4n) is 5.29. The van der Waals surface area contributed by atoms with Crippen LogP contribution in [0.5, 0.6) is 5.75 Å². The number of benzene rings is 4. The van der Waals surface area contributed by atoms with Crippen LogP contribution >= 0.6 is 11.6 Å². The highest BCUT2D eigenvalue weighted by Crippen LogP contribution is 2.35. The van der Waals surface area contributed by atoms with E-state index in [1.54, 1.807) is 30.3 Å². The highest BCUT2D eigenvalue weighted by Gasteiger charge is 2.23. The number of halogens is 1. The van der Waals surface area contributed by atoms with Gasteiger partial charge in [0.05, 0.1) is 12.7 Å². The van der Waals surface area contributed by atoms with Crippen LogP contribution in [0.15, 0.2) is 78.9 Å². The van der Waals surface area contributed by atoms with Gasteiger partial charge in [0.25, 0.3) is 5.91 Å². The van der Waals surface area contributed by atoms with Crippen LogP contribution in [0.1, 0.15) is 43.0 Å². The molecule has 0 fully saturated rings. The summed E-state index contributed by atoms with van der Waals surface area (Å²) in [7, 11) is 1.49. The molecular weight excluding hydrogens is 552 g/mol. The van der Waals surface area contributed by atoms with Gasteiger partial charge in [0.1, 0.15) is 11.6 Å². The zero-order valence-corrected chi connectivity index (χ0v) is 23.9. The molecule has 0 unspecified atom stereocenters. The first kappa shape index (κ1) is 28.7. The molecule has 0 spiro atoms. The average molecular weight is 583 g/mol. The second-order valence-electron chi connectivity index (χ2n) is 10.2. The lowest BCUT2D eigenvalue weighted by molar-refractivity contribution is 0.0697. The van der Waals surface area contributed by atoms with Gasteiger partial charge >= 0.3 is 5.97 Å². The summed E-state index contributed by atoms with van der Waals surface area (Å²) in [6, 6.07) is 23.6. The van der Waals surface area contributed by atoms with E-state index in [2.05, 4.69) is 10.2 Å². The number of nitrogens with two attached hydrogens (primary N) is 1. The van der Waals surface area contributed by atoms with Gasteiger partial charge in [0.2, 0.25) is 0 Å². The maximum atomic E-state index is 13.2. The Balaban J connectivity index is 1.47. The van der Waals surface area contributed by atoms with Crippen LogP contribution in [0.3, 0.4) is 0 Å². The summed E-state index contributed by atoms with van der Waals surface area (Å²) in [6.07, 6.45) is 1.43. The molecule has 0 aromatic heterocycles. The zero-order valence-electron chi connectivity index (χ0n) is 23.1. The molecule has 0 atom stereocenters. The van der Waals surface area contributed by atoms with Crippen molar-refractivity contribution >= 4 is 35.0 Å². The number of hydrogen-bond acceptors (Lipinski definition) is 5. The Hall–Kier alpha value is -4.82. The van der Waals surface area contributed by atoms with Gasteiger partial charge in [-0.2, -0.15) is 0 Å². The molecule has 4 aromatic carbocycles. The van der Waals surface area contributed by atoms with Crippen molar-refractivity contribution in [1.82, 2.24) is 5.32 Å². The van der Waals surface area contributed by atoms with E-state index in [4.69, 9.17) is 27.5 Å². The minimum Gasteiger partial charge on any atom is -0.497 e. The van der Waals surface area contributed by atoms with Gasteiger partial charge in [-0.3, -0.25) is 10.2 Å². The topological polar surface area (TPSA) is 129 Å². The molecule has 0 aliphatic carbocycles. The molecule has 4 aromatic rings. The number of anilines is 1. The van der Waals surface area contributed by atoms with E-state index in [1.165, 1.54) is 13.2 Å². The first-order valence-electron chi connectivity index (χ1n) is 13.5. The fraction of sp³-hybridized carbons (Fsp3) is 0.182. The van der Waals surface area contributed by atoms with Crippen LogP contribution in [-0.2, 0) is 19.4 Å². The number of carbonyl (C=O) groups is 2. The van der Waals surface area contributed by atoms with Crippen molar-refractivity contribution in [3.8, 4) is 16.9 Å². The normalized spacial score (nSPS) is 12.1. The molecule has 9 heteroatoms. The number of amidine groups is 1. The Bertz CT molecular complexity index is 1690.